The summed E-state index contributed by atoms with van der Waals surface area (Å²) in [6.45, 7) is 1.83. The van der Waals surface area contributed by atoms with Crippen LogP contribution in [0.4, 0.5) is 5.00 Å². The van der Waals surface area contributed by atoms with Gasteiger partial charge in [-0.15, -0.1) is 27.8 Å². The molecule has 144 valence electrons. The first kappa shape index (κ1) is 19.2. The van der Waals surface area contributed by atoms with Crippen molar-refractivity contribution in [3.63, 3.8) is 0 Å². The first-order valence-corrected chi connectivity index (χ1v) is 11.7. The van der Waals surface area contributed by atoms with E-state index < -0.39 is 0 Å². The molecule has 0 spiro atoms. The van der Waals surface area contributed by atoms with E-state index in [4.69, 9.17) is 0 Å². The van der Waals surface area contributed by atoms with Gasteiger partial charge in [-0.25, -0.2) is 4.98 Å². The molecule has 4 rings (SSSR count). The van der Waals surface area contributed by atoms with Crippen LogP contribution in [0, 0.1) is 11.3 Å². The second-order valence-corrected chi connectivity index (χ2v) is 9.93. The number of anilines is 1. The molecule has 28 heavy (non-hydrogen) atoms. The van der Waals surface area contributed by atoms with Crippen molar-refractivity contribution in [2.75, 3.05) is 5.32 Å². The molecule has 0 saturated heterocycles. The molecule has 1 aliphatic carbocycles. The minimum Gasteiger partial charge on any atom is -0.316 e. The van der Waals surface area contributed by atoms with Gasteiger partial charge in [0.25, 0.3) is 0 Å². The topological polar surface area (TPSA) is 94.5 Å². The van der Waals surface area contributed by atoms with Crippen LogP contribution in [0.3, 0.4) is 0 Å². The molecule has 1 aliphatic rings. The molecule has 0 radical (unpaired) electrons. The van der Waals surface area contributed by atoms with Crippen molar-refractivity contribution in [1.29, 1.82) is 5.26 Å². The molecule has 3 heterocycles. The average molecular weight is 430 g/mol. The summed E-state index contributed by atoms with van der Waals surface area (Å²) in [7, 11) is 0. The van der Waals surface area contributed by atoms with Crippen LogP contribution in [0.1, 0.15) is 42.2 Å². The number of hydrogen-bond acceptors (Lipinski definition) is 7. The summed E-state index contributed by atoms with van der Waals surface area (Å²) in [4.78, 5) is 19.4. The van der Waals surface area contributed by atoms with E-state index in [1.165, 1.54) is 23.1 Å². The number of thioether (sulfide) groups is 1. The van der Waals surface area contributed by atoms with Crippen LogP contribution in [0.15, 0.2) is 22.7 Å². The summed E-state index contributed by atoms with van der Waals surface area (Å²) < 4.78 is 0. The van der Waals surface area contributed by atoms with Crippen molar-refractivity contribution in [2.45, 2.75) is 49.4 Å². The van der Waals surface area contributed by atoms with Crippen molar-refractivity contribution in [1.82, 2.24) is 15.2 Å². The lowest BCUT2D eigenvalue weighted by Crippen LogP contribution is -2.22. The first-order chi connectivity index (χ1) is 13.7. The second-order valence-electron chi connectivity index (χ2n) is 6.57. The lowest BCUT2D eigenvalue weighted by atomic mass is 10.1. The standard InChI is InChI=1S/C19H19N5OS3/c1-11(27-19-21-16(23-24-19)15-8-5-9-26-15)17(25)22-18-13(10-20)12-6-3-2-4-7-14(12)28-18/h5,8-9,11H,2-4,6-7H2,1H3,(H,22,25)(H,21,23,24). The van der Waals surface area contributed by atoms with E-state index in [1.54, 1.807) is 22.7 Å². The van der Waals surface area contributed by atoms with E-state index in [9.17, 15) is 10.1 Å². The Labute approximate surface area is 175 Å². The normalized spacial score (nSPS) is 14.7. The van der Waals surface area contributed by atoms with Crippen molar-refractivity contribution in [2.24, 2.45) is 0 Å². The number of nitriles is 1. The van der Waals surface area contributed by atoms with Crippen molar-refractivity contribution < 1.29 is 4.79 Å². The van der Waals surface area contributed by atoms with Gasteiger partial charge in [0, 0.05) is 4.88 Å². The number of carbonyl (C=O) groups is 1. The predicted octanol–water partition coefficient (Wildman–Crippen LogP) is 4.85. The molecule has 0 aromatic carbocycles. The van der Waals surface area contributed by atoms with Crippen LogP contribution in [0.25, 0.3) is 10.7 Å². The van der Waals surface area contributed by atoms with E-state index in [0.29, 0.717) is 21.5 Å². The van der Waals surface area contributed by atoms with Crippen LogP contribution in [-0.2, 0) is 17.6 Å². The van der Waals surface area contributed by atoms with E-state index in [2.05, 4.69) is 26.6 Å². The van der Waals surface area contributed by atoms with Gasteiger partial charge in [0.2, 0.25) is 11.1 Å². The number of nitrogens with zero attached hydrogens (tertiary/aromatic N) is 3. The number of thiophene rings is 2. The quantitative estimate of drug-likeness (QED) is 0.446. The van der Waals surface area contributed by atoms with Gasteiger partial charge in [-0.1, -0.05) is 24.2 Å². The number of amides is 1. The smallest absolute Gasteiger partial charge is 0.238 e. The van der Waals surface area contributed by atoms with Crippen molar-refractivity contribution >= 4 is 45.3 Å². The minimum absolute atomic E-state index is 0.139. The Bertz CT molecular complexity index is 1020. The Morgan fingerprint density at radius 1 is 1.39 bits per heavy atom. The Balaban J connectivity index is 1.45. The Morgan fingerprint density at radius 3 is 3.04 bits per heavy atom. The highest BCUT2D eigenvalue weighted by Crippen LogP contribution is 2.37. The van der Waals surface area contributed by atoms with Crippen molar-refractivity contribution in [3.8, 4) is 16.8 Å². The van der Waals surface area contributed by atoms with Gasteiger partial charge >= 0.3 is 0 Å². The third-order valence-electron chi connectivity index (χ3n) is 4.64. The van der Waals surface area contributed by atoms with E-state index in [1.807, 2.05) is 24.4 Å². The van der Waals surface area contributed by atoms with Gasteiger partial charge in [-0.3, -0.25) is 9.89 Å². The minimum atomic E-state index is -0.375. The first-order valence-electron chi connectivity index (χ1n) is 9.14. The molecular weight excluding hydrogens is 410 g/mol. The zero-order valence-electron chi connectivity index (χ0n) is 15.3. The molecule has 3 aromatic heterocycles. The van der Waals surface area contributed by atoms with Gasteiger partial charge in [0.15, 0.2) is 5.82 Å². The summed E-state index contributed by atoms with van der Waals surface area (Å²) in [5.41, 5.74) is 1.78. The average Bonchev–Trinajstić information content (AvgIpc) is 3.39. The second kappa shape index (κ2) is 8.47. The molecule has 0 saturated carbocycles. The number of aromatic amines is 1. The van der Waals surface area contributed by atoms with E-state index >= 15 is 0 Å². The molecule has 0 fully saturated rings. The number of aromatic nitrogens is 3. The Morgan fingerprint density at radius 2 is 2.25 bits per heavy atom. The fourth-order valence-corrected chi connectivity index (χ4v) is 5.83. The largest absolute Gasteiger partial charge is 0.316 e. The fraction of sp³-hybridized carbons (Fsp3) is 0.368. The van der Waals surface area contributed by atoms with E-state index in [-0.39, 0.29) is 11.2 Å². The summed E-state index contributed by atoms with van der Waals surface area (Å²) in [6, 6.07) is 6.24. The van der Waals surface area contributed by atoms with Gasteiger partial charge in [0.1, 0.15) is 11.1 Å². The van der Waals surface area contributed by atoms with E-state index in [0.717, 1.165) is 36.1 Å². The summed E-state index contributed by atoms with van der Waals surface area (Å²) in [5.74, 6) is 0.569. The third-order valence-corrected chi connectivity index (χ3v) is 7.69. The maximum Gasteiger partial charge on any atom is 0.238 e. The number of nitrogens with one attached hydrogen (secondary N) is 2. The molecule has 0 aliphatic heterocycles. The number of rotatable bonds is 5. The highest BCUT2D eigenvalue weighted by Gasteiger charge is 2.24. The number of H-pyrrole nitrogens is 1. The van der Waals surface area contributed by atoms with Crippen LogP contribution in [-0.4, -0.2) is 26.3 Å². The molecular formula is C19H19N5OS3. The molecule has 1 atom stereocenters. The maximum atomic E-state index is 12.7. The Hall–Kier alpha value is -2.15. The van der Waals surface area contributed by atoms with Gasteiger partial charge in [0.05, 0.1) is 15.7 Å². The highest BCUT2D eigenvalue weighted by molar-refractivity contribution is 8.00. The maximum absolute atomic E-state index is 12.7. The lowest BCUT2D eigenvalue weighted by molar-refractivity contribution is -0.115. The van der Waals surface area contributed by atoms with Crippen LogP contribution in [0.2, 0.25) is 0 Å². The van der Waals surface area contributed by atoms with Gasteiger partial charge in [-0.2, -0.15) is 5.26 Å². The molecule has 1 unspecified atom stereocenters. The van der Waals surface area contributed by atoms with Crippen LogP contribution >= 0.6 is 34.4 Å². The Kier molecular flexibility index (Phi) is 5.80. The van der Waals surface area contributed by atoms with Gasteiger partial charge < -0.3 is 5.32 Å². The number of fused-ring (bicyclic) bond motifs is 1. The predicted molar refractivity (Wildman–Crippen MR) is 114 cm³/mol. The SMILES string of the molecule is CC(Sc1n[nH]c(-c2cccs2)n1)C(=O)Nc1sc2c(c1C#N)CCCCC2. The summed E-state index contributed by atoms with van der Waals surface area (Å²) in [5, 5.41) is 22.5. The number of carbonyl (C=O) groups excluding carboxylic acids is 1. The molecule has 9 heteroatoms. The number of hydrogen-bond donors (Lipinski definition) is 2. The molecule has 1 amide bonds. The lowest BCUT2D eigenvalue weighted by Gasteiger charge is -2.09. The van der Waals surface area contributed by atoms with Crippen molar-refractivity contribution in [3.05, 3.63) is 33.5 Å². The fourth-order valence-electron chi connectivity index (χ4n) is 3.20. The molecule has 6 nitrogen and oxygen atoms in total. The molecule has 2 N–H and O–H groups in total. The number of aryl methyl sites for hydroxylation is 1. The monoisotopic (exact) mass is 429 g/mol. The summed E-state index contributed by atoms with van der Waals surface area (Å²) in [6.07, 6.45) is 5.38. The van der Waals surface area contributed by atoms with Crippen LogP contribution in [0.5, 0.6) is 0 Å². The zero-order chi connectivity index (χ0) is 19.5. The van der Waals surface area contributed by atoms with Crippen LogP contribution < -0.4 is 5.32 Å². The molecule has 0 bridgehead atoms. The molecule has 3 aromatic rings. The van der Waals surface area contributed by atoms with Gasteiger partial charge in [-0.05, 0) is 49.6 Å². The zero-order valence-corrected chi connectivity index (χ0v) is 17.8. The highest BCUT2D eigenvalue weighted by atomic mass is 32.2. The summed E-state index contributed by atoms with van der Waals surface area (Å²) >= 11 is 4.44. The third kappa shape index (κ3) is 3.99.